The lowest BCUT2D eigenvalue weighted by molar-refractivity contribution is -0.112. The minimum Gasteiger partial charge on any atom is -0.401 e. The Kier molecular flexibility index (Phi) is 6.87. The number of nitrogens with zero attached hydrogens (tertiary/aromatic N) is 5. The SMILES string of the molecule is CCCn1c(=O)n(C)c(=O)c2c(SCC(=O)/C(C#N)=C(/C)N)nc(C(C)(C)C)nc21. The van der Waals surface area contributed by atoms with Crippen LogP contribution in [-0.2, 0) is 23.8 Å². The number of nitrogens with two attached hydrogens (primary N) is 1. The summed E-state index contributed by atoms with van der Waals surface area (Å²) >= 11 is 1.03. The van der Waals surface area contributed by atoms with Gasteiger partial charge < -0.3 is 5.73 Å². The first-order chi connectivity index (χ1) is 13.9. The third-order valence-corrected chi connectivity index (χ3v) is 5.37. The van der Waals surface area contributed by atoms with Crippen LogP contribution in [0.25, 0.3) is 11.0 Å². The molecule has 2 aromatic heterocycles. The van der Waals surface area contributed by atoms with Gasteiger partial charge in [-0.1, -0.05) is 39.5 Å². The smallest absolute Gasteiger partial charge is 0.332 e. The second-order valence-corrected chi connectivity index (χ2v) is 8.95. The first-order valence-electron chi connectivity index (χ1n) is 9.48. The zero-order valence-corrected chi connectivity index (χ0v) is 18.9. The fraction of sp³-hybridized carbons (Fsp3) is 0.500. The van der Waals surface area contributed by atoms with E-state index in [4.69, 9.17) is 11.0 Å². The molecule has 30 heavy (non-hydrogen) atoms. The second-order valence-electron chi connectivity index (χ2n) is 7.98. The molecule has 0 spiro atoms. The molecule has 2 rings (SSSR count). The molecule has 0 aliphatic heterocycles. The Morgan fingerprint density at radius 1 is 1.27 bits per heavy atom. The van der Waals surface area contributed by atoms with E-state index in [0.29, 0.717) is 23.8 Å². The van der Waals surface area contributed by atoms with Crippen molar-refractivity contribution in [3.8, 4) is 6.07 Å². The number of nitriles is 1. The van der Waals surface area contributed by atoms with Crippen molar-refractivity contribution in [3.05, 3.63) is 37.9 Å². The summed E-state index contributed by atoms with van der Waals surface area (Å²) in [6, 6.07) is 1.81. The van der Waals surface area contributed by atoms with E-state index in [1.165, 1.54) is 18.5 Å². The highest BCUT2D eigenvalue weighted by atomic mass is 32.2. The average molecular weight is 431 g/mol. The summed E-state index contributed by atoms with van der Waals surface area (Å²) in [5.41, 5.74) is 4.46. The number of rotatable bonds is 6. The fourth-order valence-corrected chi connectivity index (χ4v) is 3.67. The van der Waals surface area contributed by atoms with Crippen molar-refractivity contribution in [1.82, 2.24) is 19.1 Å². The predicted octanol–water partition coefficient (Wildman–Crippen LogP) is 1.62. The summed E-state index contributed by atoms with van der Waals surface area (Å²) in [5.74, 6) is -0.123. The predicted molar refractivity (Wildman–Crippen MR) is 116 cm³/mol. The average Bonchev–Trinajstić information content (AvgIpc) is 2.66. The van der Waals surface area contributed by atoms with E-state index in [1.807, 2.05) is 33.8 Å². The van der Waals surface area contributed by atoms with Crippen molar-refractivity contribution in [3.63, 3.8) is 0 Å². The molecule has 0 aromatic carbocycles. The van der Waals surface area contributed by atoms with Crippen LogP contribution in [0.15, 0.2) is 25.9 Å². The van der Waals surface area contributed by atoms with Crippen molar-refractivity contribution >= 4 is 28.6 Å². The summed E-state index contributed by atoms with van der Waals surface area (Å²) < 4.78 is 2.48. The number of hydrogen-bond acceptors (Lipinski definition) is 8. The van der Waals surface area contributed by atoms with Gasteiger partial charge in [0.1, 0.15) is 27.9 Å². The van der Waals surface area contributed by atoms with Gasteiger partial charge in [0.2, 0.25) is 0 Å². The number of carbonyl (C=O) groups is 1. The molecule has 0 aliphatic rings. The molecule has 0 saturated heterocycles. The lowest BCUT2D eigenvalue weighted by atomic mass is 9.96. The minimum absolute atomic E-state index is 0.118. The highest BCUT2D eigenvalue weighted by Crippen LogP contribution is 2.27. The molecule has 2 heterocycles. The highest BCUT2D eigenvalue weighted by molar-refractivity contribution is 8.00. The van der Waals surface area contributed by atoms with Crippen LogP contribution >= 0.6 is 11.8 Å². The molecule has 0 amide bonds. The molecule has 10 heteroatoms. The van der Waals surface area contributed by atoms with Gasteiger partial charge in [-0.05, 0) is 13.3 Å². The zero-order chi connectivity index (χ0) is 22.8. The quantitative estimate of drug-likeness (QED) is 0.316. The summed E-state index contributed by atoms with van der Waals surface area (Å²) in [6.45, 7) is 9.56. The van der Waals surface area contributed by atoms with Gasteiger partial charge in [-0.15, -0.1) is 0 Å². The number of aromatic nitrogens is 4. The summed E-state index contributed by atoms with van der Waals surface area (Å²) in [4.78, 5) is 47.1. The first kappa shape index (κ1) is 23.3. The van der Waals surface area contributed by atoms with E-state index in [2.05, 4.69) is 9.97 Å². The van der Waals surface area contributed by atoms with Crippen LogP contribution in [-0.4, -0.2) is 30.6 Å². The van der Waals surface area contributed by atoms with Crippen LogP contribution in [0, 0.1) is 11.3 Å². The van der Waals surface area contributed by atoms with Gasteiger partial charge in [-0.2, -0.15) is 5.26 Å². The number of allylic oxidation sites excluding steroid dienone is 2. The lowest BCUT2D eigenvalue weighted by Crippen LogP contribution is -2.39. The molecule has 160 valence electrons. The van der Waals surface area contributed by atoms with Crippen molar-refractivity contribution < 1.29 is 4.79 Å². The van der Waals surface area contributed by atoms with Gasteiger partial charge >= 0.3 is 5.69 Å². The maximum absolute atomic E-state index is 12.9. The number of fused-ring (bicyclic) bond motifs is 1. The largest absolute Gasteiger partial charge is 0.401 e. The van der Waals surface area contributed by atoms with E-state index in [-0.39, 0.29) is 28.1 Å². The topological polar surface area (TPSA) is 137 Å². The fourth-order valence-electron chi connectivity index (χ4n) is 2.78. The summed E-state index contributed by atoms with van der Waals surface area (Å²) in [6.07, 6.45) is 0.676. The van der Waals surface area contributed by atoms with Crippen LogP contribution in [0.5, 0.6) is 0 Å². The van der Waals surface area contributed by atoms with Crippen LogP contribution in [0.4, 0.5) is 0 Å². The summed E-state index contributed by atoms with van der Waals surface area (Å²) in [5, 5.41) is 9.64. The number of Topliss-reactive ketones (excluding diaryl/α,β-unsaturated/α-hetero) is 1. The normalized spacial score (nSPS) is 12.6. The molecule has 0 unspecified atom stereocenters. The van der Waals surface area contributed by atoms with E-state index in [9.17, 15) is 14.4 Å². The van der Waals surface area contributed by atoms with Crippen LogP contribution < -0.4 is 17.0 Å². The molecule has 2 N–H and O–H groups in total. The molecule has 0 saturated carbocycles. The summed E-state index contributed by atoms with van der Waals surface area (Å²) in [7, 11) is 1.40. The van der Waals surface area contributed by atoms with E-state index in [0.717, 1.165) is 16.3 Å². The minimum atomic E-state index is -0.524. The molecule has 9 nitrogen and oxygen atoms in total. The van der Waals surface area contributed by atoms with E-state index < -0.39 is 22.4 Å². The van der Waals surface area contributed by atoms with Crippen LogP contribution in [0.2, 0.25) is 0 Å². The molecule has 0 fully saturated rings. The maximum atomic E-state index is 12.9. The molecule has 2 aromatic rings. The van der Waals surface area contributed by atoms with Gasteiger partial charge in [0.25, 0.3) is 5.56 Å². The Balaban J connectivity index is 2.79. The van der Waals surface area contributed by atoms with Crippen LogP contribution in [0.3, 0.4) is 0 Å². The van der Waals surface area contributed by atoms with E-state index >= 15 is 0 Å². The van der Waals surface area contributed by atoms with Crippen molar-refractivity contribution in [2.75, 3.05) is 5.75 Å². The Bertz CT molecular complexity index is 1190. The van der Waals surface area contributed by atoms with Crippen molar-refractivity contribution in [2.24, 2.45) is 12.8 Å². The number of hydrogen-bond donors (Lipinski definition) is 1. The molecular formula is C20H26N6O3S. The standard InChI is InChI=1S/C20H26N6O3S/c1-7-8-26-15-14(17(28)25(6)19(26)29)16(24-18(23-15)20(3,4)5)30-10-13(27)12(9-21)11(2)22/h7-8,10,22H2,1-6H3/b12-11-. The Hall–Kier alpha value is -2.93. The third kappa shape index (κ3) is 4.46. The first-order valence-corrected chi connectivity index (χ1v) is 10.5. The maximum Gasteiger partial charge on any atom is 0.332 e. The molecule has 0 aliphatic carbocycles. The number of aryl methyl sites for hydroxylation is 1. The van der Waals surface area contributed by atoms with E-state index in [1.54, 1.807) is 0 Å². The molecule has 0 radical (unpaired) electrons. The lowest BCUT2D eigenvalue weighted by Gasteiger charge is -2.20. The highest BCUT2D eigenvalue weighted by Gasteiger charge is 2.25. The number of ketones is 1. The Labute approximate surface area is 178 Å². The number of carbonyl (C=O) groups excluding carboxylic acids is 1. The molecule has 0 atom stereocenters. The molecular weight excluding hydrogens is 404 g/mol. The van der Waals surface area contributed by atoms with Gasteiger partial charge in [-0.3, -0.25) is 18.7 Å². The Morgan fingerprint density at radius 3 is 2.40 bits per heavy atom. The third-order valence-electron chi connectivity index (χ3n) is 4.39. The van der Waals surface area contributed by atoms with Gasteiger partial charge in [0.05, 0.1) is 5.75 Å². The van der Waals surface area contributed by atoms with Gasteiger partial charge in [0.15, 0.2) is 11.4 Å². The number of thioether (sulfide) groups is 1. The monoisotopic (exact) mass is 430 g/mol. The molecule has 0 bridgehead atoms. The second kappa shape index (κ2) is 8.83. The van der Waals surface area contributed by atoms with Gasteiger partial charge in [0, 0.05) is 24.7 Å². The van der Waals surface area contributed by atoms with Crippen LogP contribution in [0.1, 0.15) is 46.9 Å². The van der Waals surface area contributed by atoms with Crippen molar-refractivity contribution in [2.45, 2.75) is 58.0 Å². The van der Waals surface area contributed by atoms with Crippen molar-refractivity contribution in [1.29, 1.82) is 5.26 Å². The Morgan fingerprint density at radius 2 is 1.90 bits per heavy atom. The zero-order valence-electron chi connectivity index (χ0n) is 18.1. The van der Waals surface area contributed by atoms with Gasteiger partial charge in [-0.25, -0.2) is 14.8 Å².